The number of amides is 1. The Kier molecular flexibility index (Phi) is 8.60. The third kappa shape index (κ3) is 6.00. The summed E-state index contributed by atoms with van der Waals surface area (Å²) in [6, 6.07) is 3.63. The molecule has 2 atom stereocenters. The Morgan fingerprint density at radius 2 is 2.13 bits per heavy atom. The van der Waals surface area contributed by atoms with E-state index >= 15 is 0 Å². The molecule has 3 N–H and O–H groups in total. The summed E-state index contributed by atoms with van der Waals surface area (Å²) in [5.41, 5.74) is 1.26. The van der Waals surface area contributed by atoms with Crippen LogP contribution in [0.15, 0.2) is 12.1 Å². The number of nitrogens with one attached hydrogen (secondary N) is 2. The molecule has 1 saturated heterocycles. The van der Waals surface area contributed by atoms with Crippen LogP contribution in [0.2, 0.25) is 0 Å². The van der Waals surface area contributed by atoms with E-state index in [1.165, 1.54) is 0 Å². The standard InChI is InChI=1S/C22H35N3O5/c1-23-17-12-18(21-20(13-17)29-10-5-11-30-21)22(27)24-14-16-6-8-25(15-19(16)26)7-3-4-9-28-2/h12-13,16,19,23,26H,3-11,14-15H2,1-2H3,(H,24,27)/t16-,19+/m0/s1. The fourth-order valence-corrected chi connectivity index (χ4v) is 3.97. The molecule has 0 aromatic heterocycles. The number of unbranched alkanes of at least 4 members (excludes halogenated alkanes) is 1. The highest BCUT2D eigenvalue weighted by atomic mass is 16.5. The van der Waals surface area contributed by atoms with Gasteiger partial charge < -0.3 is 34.9 Å². The first-order chi connectivity index (χ1) is 14.6. The Bertz CT molecular complexity index is 700. The molecule has 1 aromatic rings. The molecule has 2 aliphatic heterocycles. The lowest BCUT2D eigenvalue weighted by Crippen LogP contribution is -2.47. The quantitative estimate of drug-likeness (QED) is 0.523. The van der Waals surface area contributed by atoms with Crippen molar-refractivity contribution in [3.8, 4) is 11.5 Å². The van der Waals surface area contributed by atoms with Gasteiger partial charge in [0.1, 0.15) is 0 Å². The summed E-state index contributed by atoms with van der Waals surface area (Å²) in [5, 5.41) is 16.6. The summed E-state index contributed by atoms with van der Waals surface area (Å²) < 4.78 is 16.6. The van der Waals surface area contributed by atoms with Gasteiger partial charge in [-0.1, -0.05) is 0 Å². The predicted molar refractivity (Wildman–Crippen MR) is 116 cm³/mol. The van der Waals surface area contributed by atoms with Crippen LogP contribution in [0.3, 0.4) is 0 Å². The molecule has 0 spiro atoms. The number of hydrogen-bond acceptors (Lipinski definition) is 7. The van der Waals surface area contributed by atoms with E-state index in [-0.39, 0.29) is 11.8 Å². The minimum atomic E-state index is -0.443. The smallest absolute Gasteiger partial charge is 0.255 e. The van der Waals surface area contributed by atoms with Crippen LogP contribution in [0, 0.1) is 5.92 Å². The first-order valence-electron chi connectivity index (χ1n) is 10.9. The van der Waals surface area contributed by atoms with Gasteiger partial charge in [0.15, 0.2) is 11.5 Å². The monoisotopic (exact) mass is 421 g/mol. The molecule has 0 radical (unpaired) electrons. The largest absolute Gasteiger partial charge is 0.489 e. The van der Waals surface area contributed by atoms with Crippen molar-refractivity contribution in [3.05, 3.63) is 17.7 Å². The van der Waals surface area contributed by atoms with Gasteiger partial charge in [0.05, 0.1) is 24.9 Å². The number of aliphatic hydroxyl groups excluding tert-OH is 1. The number of piperidine rings is 1. The maximum Gasteiger partial charge on any atom is 0.255 e. The Morgan fingerprint density at radius 1 is 1.30 bits per heavy atom. The number of likely N-dealkylation sites (tertiary alicyclic amines) is 1. The van der Waals surface area contributed by atoms with E-state index in [0.29, 0.717) is 43.4 Å². The second kappa shape index (κ2) is 11.4. The molecular formula is C22H35N3O5. The number of β-amino-alcohol motifs (C(OH)–C–C–N with tert-alkyl or cyclic N) is 1. The molecule has 30 heavy (non-hydrogen) atoms. The van der Waals surface area contributed by atoms with Crippen molar-refractivity contribution in [1.29, 1.82) is 0 Å². The number of anilines is 1. The number of methoxy groups -OCH3 is 1. The number of rotatable bonds is 9. The molecule has 0 aliphatic carbocycles. The number of benzene rings is 1. The Hall–Kier alpha value is -2.03. The van der Waals surface area contributed by atoms with Crippen molar-refractivity contribution in [1.82, 2.24) is 10.2 Å². The highest BCUT2D eigenvalue weighted by Gasteiger charge is 2.28. The van der Waals surface area contributed by atoms with Gasteiger partial charge >= 0.3 is 0 Å². The highest BCUT2D eigenvalue weighted by molar-refractivity contribution is 5.99. The number of carbonyl (C=O) groups is 1. The molecule has 1 aromatic carbocycles. The van der Waals surface area contributed by atoms with Crippen molar-refractivity contribution >= 4 is 11.6 Å². The lowest BCUT2D eigenvalue weighted by molar-refractivity contribution is 0.0209. The normalized spacial score (nSPS) is 21.7. The van der Waals surface area contributed by atoms with Crippen molar-refractivity contribution < 1.29 is 24.1 Å². The second-order valence-electron chi connectivity index (χ2n) is 7.98. The second-order valence-corrected chi connectivity index (χ2v) is 7.98. The van der Waals surface area contributed by atoms with Crippen LogP contribution in [0.25, 0.3) is 0 Å². The van der Waals surface area contributed by atoms with Crippen LogP contribution >= 0.6 is 0 Å². The Labute approximate surface area is 178 Å². The highest BCUT2D eigenvalue weighted by Crippen LogP contribution is 2.36. The fourth-order valence-electron chi connectivity index (χ4n) is 3.97. The van der Waals surface area contributed by atoms with Crippen LogP contribution in [-0.2, 0) is 4.74 Å². The molecule has 8 heteroatoms. The third-order valence-electron chi connectivity index (χ3n) is 5.78. The van der Waals surface area contributed by atoms with E-state index in [4.69, 9.17) is 14.2 Å². The van der Waals surface area contributed by atoms with E-state index < -0.39 is 6.10 Å². The summed E-state index contributed by atoms with van der Waals surface area (Å²) in [6.07, 6.45) is 3.30. The minimum Gasteiger partial charge on any atom is -0.489 e. The summed E-state index contributed by atoms with van der Waals surface area (Å²) in [4.78, 5) is 15.2. The summed E-state index contributed by atoms with van der Waals surface area (Å²) >= 11 is 0. The lowest BCUT2D eigenvalue weighted by atomic mass is 9.93. The lowest BCUT2D eigenvalue weighted by Gasteiger charge is -2.36. The van der Waals surface area contributed by atoms with Crippen molar-refractivity contribution in [2.75, 3.05) is 65.5 Å². The molecule has 1 amide bonds. The SMILES string of the molecule is CNc1cc2c(c(C(=O)NC[C@@H]3CCN(CCCCOC)C[C@H]3O)c1)OCCCO2. The average molecular weight is 422 g/mol. The van der Waals surface area contributed by atoms with Gasteiger partial charge in [0, 0.05) is 57.9 Å². The summed E-state index contributed by atoms with van der Waals surface area (Å²) in [7, 11) is 3.52. The number of aliphatic hydroxyl groups is 1. The van der Waals surface area contributed by atoms with Gasteiger partial charge in [0.25, 0.3) is 5.91 Å². The number of nitrogens with zero attached hydrogens (tertiary/aromatic N) is 1. The molecular weight excluding hydrogens is 386 g/mol. The zero-order valence-electron chi connectivity index (χ0n) is 18.1. The third-order valence-corrected chi connectivity index (χ3v) is 5.78. The van der Waals surface area contributed by atoms with Crippen LogP contribution < -0.4 is 20.1 Å². The van der Waals surface area contributed by atoms with E-state index in [0.717, 1.165) is 51.1 Å². The molecule has 0 saturated carbocycles. The Morgan fingerprint density at radius 3 is 2.90 bits per heavy atom. The van der Waals surface area contributed by atoms with E-state index in [1.54, 1.807) is 20.2 Å². The first-order valence-corrected chi connectivity index (χ1v) is 10.9. The van der Waals surface area contributed by atoms with Gasteiger partial charge in [-0.2, -0.15) is 0 Å². The minimum absolute atomic E-state index is 0.0485. The molecule has 0 bridgehead atoms. The van der Waals surface area contributed by atoms with Crippen LogP contribution in [0.5, 0.6) is 11.5 Å². The fraction of sp³-hybridized carbons (Fsp3) is 0.682. The number of carbonyl (C=O) groups excluding carboxylic acids is 1. The van der Waals surface area contributed by atoms with Gasteiger partial charge in [-0.25, -0.2) is 0 Å². The summed E-state index contributed by atoms with van der Waals surface area (Å²) in [5.74, 6) is 0.928. The number of ether oxygens (including phenoxy) is 3. The van der Waals surface area contributed by atoms with Crippen molar-refractivity contribution in [3.63, 3.8) is 0 Å². The van der Waals surface area contributed by atoms with Gasteiger partial charge in [-0.05, 0) is 38.4 Å². The maximum atomic E-state index is 12.9. The van der Waals surface area contributed by atoms with E-state index in [9.17, 15) is 9.90 Å². The van der Waals surface area contributed by atoms with Crippen molar-refractivity contribution in [2.45, 2.75) is 31.8 Å². The summed E-state index contributed by atoms with van der Waals surface area (Å²) in [6.45, 7) is 4.86. The predicted octanol–water partition coefficient (Wildman–Crippen LogP) is 1.73. The molecule has 2 aliphatic rings. The zero-order chi connectivity index (χ0) is 21.3. The molecule has 2 heterocycles. The Balaban J connectivity index is 1.55. The van der Waals surface area contributed by atoms with E-state index in [1.807, 2.05) is 6.07 Å². The van der Waals surface area contributed by atoms with Gasteiger partial charge in [-0.15, -0.1) is 0 Å². The van der Waals surface area contributed by atoms with Crippen molar-refractivity contribution in [2.24, 2.45) is 5.92 Å². The topological polar surface area (TPSA) is 92.3 Å². The van der Waals surface area contributed by atoms with Crippen LogP contribution in [-0.4, -0.2) is 82.2 Å². The first kappa shape index (κ1) is 22.7. The van der Waals surface area contributed by atoms with Crippen LogP contribution in [0.1, 0.15) is 36.0 Å². The molecule has 1 fully saturated rings. The number of hydrogen-bond donors (Lipinski definition) is 3. The zero-order valence-corrected chi connectivity index (χ0v) is 18.1. The van der Waals surface area contributed by atoms with E-state index in [2.05, 4.69) is 15.5 Å². The van der Waals surface area contributed by atoms with Gasteiger partial charge in [-0.3, -0.25) is 4.79 Å². The van der Waals surface area contributed by atoms with Crippen LogP contribution in [0.4, 0.5) is 5.69 Å². The number of fused-ring (bicyclic) bond motifs is 1. The molecule has 8 nitrogen and oxygen atoms in total. The van der Waals surface area contributed by atoms with Gasteiger partial charge in [0.2, 0.25) is 0 Å². The molecule has 0 unspecified atom stereocenters. The molecule has 3 rings (SSSR count). The maximum absolute atomic E-state index is 12.9. The average Bonchev–Trinajstić information content (AvgIpc) is 3.00. The molecule has 168 valence electrons.